The Kier molecular flexibility index (Phi) is 3.13. The molecular weight excluding hydrogens is 178 g/mol. The standard InChI is InChI=1S/C11H17NO2/c1-11(2,14)10(12)7-8-3-5-9(13)6-4-8/h3-6,10,13-14H,7,12H2,1-2H3. The molecule has 0 fully saturated rings. The van der Waals surface area contributed by atoms with Gasteiger partial charge in [-0.3, -0.25) is 0 Å². The molecule has 0 spiro atoms. The highest BCUT2D eigenvalue weighted by Crippen LogP contribution is 2.15. The van der Waals surface area contributed by atoms with Crippen LogP contribution in [0.3, 0.4) is 0 Å². The molecule has 0 aliphatic carbocycles. The van der Waals surface area contributed by atoms with Crippen molar-refractivity contribution in [2.75, 3.05) is 0 Å². The van der Waals surface area contributed by atoms with Crippen LogP contribution >= 0.6 is 0 Å². The topological polar surface area (TPSA) is 66.5 Å². The van der Waals surface area contributed by atoms with E-state index in [0.717, 1.165) is 5.56 Å². The Bertz CT molecular complexity index is 287. The van der Waals surface area contributed by atoms with Gasteiger partial charge >= 0.3 is 0 Å². The molecule has 1 atom stereocenters. The summed E-state index contributed by atoms with van der Waals surface area (Å²) in [6, 6.07) is 6.55. The van der Waals surface area contributed by atoms with Crippen LogP contribution in [-0.2, 0) is 6.42 Å². The molecule has 0 radical (unpaired) electrons. The van der Waals surface area contributed by atoms with Crippen molar-refractivity contribution in [3.05, 3.63) is 29.8 Å². The number of phenolic OH excluding ortho intramolecular Hbond substituents is 1. The highest BCUT2D eigenvalue weighted by Gasteiger charge is 2.22. The fraction of sp³-hybridized carbons (Fsp3) is 0.455. The molecule has 0 bridgehead atoms. The highest BCUT2D eigenvalue weighted by molar-refractivity contribution is 5.26. The average molecular weight is 195 g/mol. The van der Waals surface area contributed by atoms with Gasteiger partial charge in [-0.1, -0.05) is 12.1 Å². The zero-order valence-electron chi connectivity index (χ0n) is 8.57. The van der Waals surface area contributed by atoms with Gasteiger partial charge < -0.3 is 15.9 Å². The fourth-order valence-corrected chi connectivity index (χ4v) is 1.14. The third kappa shape index (κ3) is 3.01. The van der Waals surface area contributed by atoms with Crippen LogP contribution in [0.1, 0.15) is 19.4 Å². The molecule has 0 aliphatic heterocycles. The number of aliphatic hydroxyl groups is 1. The second-order valence-corrected chi connectivity index (χ2v) is 4.13. The normalized spacial score (nSPS) is 14.0. The fourth-order valence-electron chi connectivity index (χ4n) is 1.14. The van der Waals surface area contributed by atoms with Crippen LogP contribution in [0.15, 0.2) is 24.3 Å². The van der Waals surface area contributed by atoms with Gasteiger partial charge in [-0.05, 0) is 38.0 Å². The molecule has 78 valence electrons. The Morgan fingerprint density at radius 3 is 2.21 bits per heavy atom. The molecule has 14 heavy (non-hydrogen) atoms. The Balaban J connectivity index is 2.65. The van der Waals surface area contributed by atoms with Crippen molar-refractivity contribution in [1.29, 1.82) is 0 Å². The smallest absolute Gasteiger partial charge is 0.115 e. The molecule has 0 aliphatic rings. The maximum atomic E-state index is 9.63. The number of benzene rings is 1. The van der Waals surface area contributed by atoms with Gasteiger partial charge in [-0.2, -0.15) is 0 Å². The zero-order chi connectivity index (χ0) is 10.8. The first-order valence-electron chi connectivity index (χ1n) is 4.65. The Morgan fingerprint density at radius 2 is 1.79 bits per heavy atom. The van der Waals surface area contributed by atoms with Gasteiger partial charge in [0.05, 0.1) is 5.60 Å². The monoisotopic (exact) mass is 195 g/mol. The second kappa shape index (κ2) is 3.98. The van der Waals surface area contributed by atoms with E-state index in [1.54, 1.807) is 38.1 Å². The highest BCUT2D eigenvalue weighted by atomic mass is 16.3. The van der Waals surface area contributed by atoms with E-state index < -0.39 is 5.60 Å². The number of hydrogen-bond acceptors (Lipinski definition) is 3. The van der Waals surface area contributed by atoms with Crippen LogP contribution in [0.25, 0.3) is 0 Å². The van der Waals surface area contributed by atoms with Gasteiger partial charge in [0.1, 0.15) is 5.75 Å². The van der Waals surface area contributed by atoms with E-state index in [1.807, 2.05) is 0 Å². The third-order valence-corrected chi connectivity index (χ3v) is 2.30. The van der Waals surface area contributed by atoms with Crippen molar-refractivity contribution < 1.29 is 10.2 Å². The summed E-state index contributed by atoms with van der Waals surface area (Å²) < 4.78 is 0. The largest absolute Gasteiger partial charge is 0.508 e. The zero-order valence-corrected chi connectivity index (χ0v) is 8.57. The first-order valence-corrected chi connectivity index (χ1v) is 4.65. The molecule has 1 unspecified atom stereocenters. The average Bonchev–Trinajstić information content (AvgIpc) is 2.07. The van der Waals surface area contributed by atoms with Gasteiger partial charge in [0, 0.05) is 6.04 Å². The Hall–Kier alpha value is -1.06. The predicted octanol–water partition coefficient (Wildman–Crippen LogP) is 1.03. The summed E-state index contributed by atoms with van der Waals surface area (Å²) >= 11 is 0. The molecular formula is C11H17NO2. The molecule has 1 rings (SSSR count). The number of nitrogens with two attached hydrogens (primary N) is 1. The number of aromatic hydroxyl groups is 1. The van der Waals surface area contributed by atoms with Gasteiger partial charge in [0.15, 0.2) is 0 Å². The molecule has 0 saturated heterocycles. The molecule has 3 nitrogen and oxygen atoms in total. The summed E-state index contributed by atoms with van der Waals surface area (Å²) in [7, 11) is 0. The lowest BCUT2D eigenvalue weighted by atomic mass is 9.93. The molecule has 3 heteroatoms. The van der Waals surface area contributed by atoms with E-state index >= 15 is 0 Å². The lowest BCUT2D eigenvalue weighted by Crippen LogP contribution is -2.44. The minimum Gasteiger partial charge on any atom is -0.508 e. The van der Waals surface area contributed by atoms with Gasteiger partial charge in [0.25, 0.3) is 0 Å². The minimum atomic E-state index is -0.877. The Morgan fingerprint density at radius 1 is 1.29 bits per heavy atom. The maximum absolute atomic E-state index is 9.63. The van der Waals surface area contributed by atoms with Crippen molar-refractivity contribution in [3.8, 4) is 5.75 Å². The van der Waals surface area contributed by atoms with E-state index in [1.165, 1.54) is 0 Å². The number of rotatable bonds is 3. The summed E-state index contributed by atoms with van der Waals surface area (Å²) in [4.78, 5) is 0. The third-order valence-electron chi connectivity index (χ3n) is 2.30. The quantitative estimate of drug-likeness (QED) is 0.675. The first-order chi connectivity index (χ1) is 6.39. The van der Waals surface area contributed by atoms with Crippen LogP contribution in [0.2, 0.25) is 0 Å². The van der Waals surface area contributed by atoms with E-state index in [9.17, 15) is 5.11 Å². The SMILES string of the molecule is CC(C)(O)C(N)Cc1ccc(O)cc1. The summed E-state index contributed by atoms with van der Waals surface area (Å²) in [6.07, 6.45) is 0.601. The molecule has 0 aromatic heterocycles. The van der Waals surface area contributed by atoms with Crippen LogP contribution in [0.4, 0.5) is 0 Å². The van der Waals surface area contributed by atoms with Crippen molar-refractivity contribution in [1.82, 2.24) is 0 Å². The van der Waals surface area contributed by atoms with E-state index in [4.69, 9.17) is 10.8 Å². The number of hydrogen-bond donors (Lipinski definition) is 3. The van der Waals surface area contributed by atoms with Crippen LogP contribution in [0.5, 0.6) is 5.75 Å². The molecule has 4 N–H and O–H groups in total. The van der Waals surface area contributed by atoms with Crippen LogP contribution < -0.4 is 5.73 Å². The summed E-state index contributed by atoms with van der Waals surface area (Å²) in [5, 5.41) is 18.7. The molecule has 0 saturated carbocycles. The van der Waals surface area contributed by atoms with Gasteiger partial charge in [0.2, 0.25) is 0 Å². The molecule has 0 heterocycles. The lowest BCUT2D eigenvalue weighted by Gasteiger charge is -2.25. The number of phenols is 1. The first kappa shape index (κ1) is 11.0. The summed E-state index contributed by atoms with van der Waals surface area (Å²) in [6.45, 7) is 3.39. The van der Waals surface area contributed by atoms with Crippen molar-refractivity contribution in [3.63, 3.8) is 0 Å². The van der Waals surface area contributed by atoms with E-state index in [0.29, 0.717) is 6.42 Å². The van der Waals surface area contributed by atoms with Crippen molar-refractivity contribution >= 4 is 0 Å². The predicted molar refractivity (Wildman–Crippen MR) is 56.1 cm³/mol. The van der Waals surface area contributed by atoms with Crippen molar-refractivity contribution in [2.24, 2.45) is 5.73 Å². The lowest BCUT2D eigenvalue weighted by molar-refractivity contribution is 0.0521. The van der Waals surface area contributed by atoms with Crippen molar-refractivity contribution in [2.45, 2.75) is 31.9 Å². The Labute approximate surface area is 84.2 Å². The summed E-state index contributed by atoms with van der Waals surface area (Å²) in [5.74, 6) is 0.241. The minimum absolute atomic E-state index is 0.241. The van der Waals surface area contributed by atoms with Gasteiger partial charge in [-0.25, -0.2) is 0 Å². The molecule has 0 amide bonds. The summed E-state index contributed by atoms with van der Waals surface area (Å²) in [5.41, 5.74) is 5.94. The molecule has 1 aromatic carbocycles. The van der Waals surface area contributed by atoms with Crippen LogP contribution in [-0.4, -0.2) is 21.9 Å². The van der Waals surface area contributed by atoms with Gasteiger partial charge in [-0.15, -0.1) is 0 Å². The van der Waals surface area contributed by atoms with Crippen LogP contribution in [0, 0.1) is 0 Å². The maximum Gasteiger partial charge on any atom is 0.115 e. The molecule has 1 aromatic rings. The van der Waals surface area contributed by atoms with E-state index in [2.05, 4.69) is 0 Å². The van der Waals surface area contributed by atoms with E-state index in [-0.39, 0.29) is 11.8 Å². The second-order valence-electron chi connectivity index (χ2n) is 4.13.